The van der Waals surface area contributed by atoms with E-state index in [9.17, 15) is 4.79 Å². The van der Waals surface area contributed by atoms with Crippen molar-refractivity contribution in [3.63, 3.8) is 0 Å². The first-order valence-electron chi connectivity index (χ1n) is 4.68. The monoisotopic (exact) mass is 271 g/mol. The molecule has 0 aliphatic heterocycles. The molecular weight excluding hydrogens is 258 g/mol. The van der Waals surface area contributed by atoms with E-state index in [1.807, 2.05) is 25.1 Å². The van der Waals surface area contributed by atoms with Crippen molar-refractivity contribution in [2.24, 2.45) is 0 Å². The Morgan fingerprint density at radius 3 is 2.80 bits per heavy atom. The Morgan fingerprint density at radius 2 is 2.20 bits per heavy atom. The van der Waals surface area contributed by atoms with Crippen molar-refractivity contribution >= 4 is 21.8 Å². The fourth-order valence-electron chi connectivity index (χ4n) is 1.26. The first kappa shape index (κ1) is 12.2. The zero-order chi connectivity index (χ0) is 11.4. The maximum absolute atomic E-state index is 11.9. The van der Waals surface area contributed by atoms with Crippen molar-refractivity contribution in [1.29, 1.82) is 0 Å². The molecule has 0 spiro atoms. The molecule has 0 unspecified atom stereocenters. The summed E-state index contributed by atoms with van der Waals surface area (Å²) in [5, 5.41) is 8.75. The minimum atomic E-state index is -0.0837. The Morgan fingerprint density at radius 1 is 1.53 bits per heavy atom. The van der Waals surface area contributed by atoms with Crippen LogP contribution in [0.2, 0.25) is 0 Å². The molecule has 1 rings (SSSR count). The van der Waals surface area contributed by atoms with Crippen LogP contribution in [-0.2, 0) is 0 Å². The van der Waals surface area contributed by atoms with Crippen molar-refractivity contribution in [2.75, 3.05) is 20.2 Å². The van der Waals surface area contributed by atoms with E-state index in [0.29, 0.717) is 12.1 Å². The standard InChI is InChI=1S/C11H14BrNO2/c1-8-3-4-10(12)9(7-8)11(15)13(2)5-6-14/h3-4,7,14H,5-6H2,1-2H3. The van der Waals surface area contributed by atoms with Crippen LogP contribution in [0.15, 0.2) is 22.7 Å². The summed E-state index contributed by atoms with van der Waals surface area (Å²) in [6.07, 6.45) is 0. The average Bonchev–Trinajstić information content (AvgIpc) is 2.21. The van der Waals surface area contributed by atoms with Gasteiger partial charge < -0.3 is 10.0 Å². The second kappa shape index (κ2) is 5.28. The van der Waals surface area contributed by atoms with Crippen LogP contribution in [0.4, 0.5) is 0 Å². The van der Waals surface area contributed by atoms with E-state index >= 15 is 0 Å². The molecule has 1 amide bonds. The van der Waals surface area contributed by atoms with Crippen LogP contribution in [0, 0.1) is 6.92 Å². The Labute approximate surface area is 97.8 Å². The van der Waals surface area contributed by atoms with Gasteiger partial charge in [0.15, 0.2) is 0 Å². The number of carbonyl (C=O) groups is 1. The van der Waals surface area contributed by atoms with Crippen LogP contribution < -0.4 is 0 Å². The number of benzene rings is 1. The molecule has 0 aliphatic rings. The van der Waals surface area contributed by atoms with Crippen LogP contribution in [0.1, 0.15) is 15.9 Å². The lowest BCUT2D eigenvalue weighted by atomic mass is 10.1. The molecule has 0 aliphatic carbocycles. The van der Waals surface area contributed by atoms with Gasteiger partial charge in [-0.1, -0.05) is 11.6 Å². The number of hydrogen-bond donors (Lipinski definition) is 1. The van der Waals surface area contributed by atoms with E-state index in [2.05, 4.69) is 15.9 Å². The Bertz CT molecular complexity index is 366. The Kier molecular flexibility index (Phi) is 4.29. The van der Waals surface area contributed by atoms with Gasteiger partial charge >= 0.3 is 0 Å². The van der Waals surface area contributed by atoms with Crippen LogP contribution >= 0.6 is 15.9 Å². The topological polar surface area (TPSA) is 40.5 Å². The summed E-state index contributed by atoms with van der Waals surface area (Å²) < 4.78 is 0.780. The van der Waals surface area contributed by atoms with Gasteiger partial charge in [-0.2, -0.15) is 0 Å². The van der Waals surface area contributed by atoms with Gasteiger partial charge in [0.2, 0.25) is 0 Å². The van der Waals surface area contributed by atoms with Crippen molar-refractivity contribution in [1.82, 2.24) is 4.90 Å². The predicted molar refractivity (Wildman–Crippen MR) is 62.9 cm³/mol. The lowest BCUT2D eigenvalue weighted by molar-refractivity contribution is 0.0766. The second-order valence-electron chi connectivity index (χ2n) is 3.43. The molecule has 0 radical (unpaired) electrons. The number of aliphatic hydroxyl groups excluding tert-OH is 1. The molecular formula is C11H14BrNO2. The molecule has 1 N–H and O–H groups in total. The lowest BCUT2D eigenvalue weighted by Gasteiger charge is -2.16. The number of amides is 1. The number of likely N-dealkylation sites (N-methyl/N-ethyl adjacent to an activating group) is 1. The van der Waals surface area contributed by atoms with Gasteiger partial charge in [-0.3, -0.25) is 4.79 Å². The molecule has 0 aromatic heterocycles. The van der Waals surface area contributed by atoms with Crippen molar-refractivity contribution < 1.29 is 9.90 Å². The third-order valence-electron chi connectivity index (χ3n) is 2.13. The van der Waals surface area contributed by atoms with E-state index in [-0.39, 0.29) is 12.5 Å². The summed E-state index contributed by atoms with van der Waals surface area (Å²) >= 11 is 3.34. The molecule has 0 bridgehead atoms. The average molecular weight is 272 g/mol. The zero-order valence-electron chi connectivity index (χ0n) is 8.83. The van der Waals surface area contributed by atoms with E-state index in [0.717, 1.165) is 10.0 Å². The highest BCUT2D eigenvalue weighted by atomic mass is 79.9. The van der Waals surface area contributed by atoms with E-state index < -0.39 is 0 Å². The summed E-state index contributed by atoms with van der Waals surface area (Å²) in [7, 11) is 1.67. The molecule has 1 aromatic rings. The maximum atomic E-state index is 11.9. The quantitative estimate of drug-likeness (QED) is 0.911. The molecule has 0 heterocycles. The van der Waals surface area contributed by atoms with Crippen LogP contribution in [-0.4, -0.2) is 36.1 Å². The number of carbonyl (C=O) groups excluding carboxylic acids is 1. The van der Waals surface area contributed by atoms with Crippen LogP contribution in [0.5, 0.6) is 0 Å². The van der Waals surface area contributed by atoms with E-state index in [1.54, 1.807) is 7.05 Å². The normalized spacial score (nSPS) is 10.1. The van der Waals surface area contributed by atoms with E-state index in [1.165, 1.54) is 4.90 Å². The minimum Gasteiger partial charge on any atom is -0.395 e. The molecule has 0 fully saturated rings. The minimum absolute atomic E-state index is 0.0221. The summed E-state index contributed by atoms with van der Waals surface area (Å²) in [6, 6.07) is 5.63. The molecule has 0 atom stereocenters. The van der Waals surface area contributed by atoms with Gasteiger partial charge in [-0.05, 0) is 35.0 Å². The van der Waals surface area contributed by atoms with Crippen molar-refractivity contribution in [3.8, 4) is 0 Å². The van der Waals surface area contributed by atoms with Crippen molar-refractivity contribution in [3.05, 3.63) is 33.8 Å². The van der Waals surface area contributed by atoms with Gasteiger partial charge in [0.05, 0.1) is 12.2 Å². The number of nitrogens with zero attached hydrogens (tertiary/aromatic N) is 1. The third-order valence-corrected chi connectivity index (χ3v) is 2.83. The molecule has 0 saturated carbocycles. The third kappa shape index (κ3) is 3.04. The molecule has 4 heteroatoms. The number of halogens is 1. The first-order chi connectivity index (χ1) is 7.06. The SMILES string of the molecule is Cc1ccc(Br)c(C(=O)N(C)CCO)c1. The second-order valence-corrected chi connectivity index (χ2v) is 4.29. The Hall–Kier alpha value is -0.870. The molecule has 1 aromatic carbocycles. The fraction of sp³-hybridized carbons (Fsp3) is 0.364. The highest BCUT2D eigenvalue weighted by molar-refractivity contribution is 9.10. The number of aliphatic hydroxyl groups is 1. The van der Waals surface area contributed by atoms with Crippen LogP contribution in [0.25, 0.3) is 0 Å². The number of hydrogen-bond acceptors (Lipinski definition) is 2. The lowest BCUT2D eigenvalue weighted by Crippen LogP contribution is -2.29. The van der Waals surface area contributed by atoms with Crippen molar-refractivity contribution in [2.45, 2.75) is 6.92 Å². The summed E-state index contributed by atoms with van der Waals surface area (Å²) in [5.41, 5.74) is 1.67. The maximum Gasteiger partial charge on any atom is 0.254 e. The molecule has 15 heavy (non-hydrogen) atoms. The zero-order valence-corrected chi connectivity index (χ0v) is 10.4. The fourth-order valence-corrected chi connectivity index (χ4v) is 1.68. The summed E-state index contributed by atoms with van der Waals surface area (Å²) in [6.45, 7) is 2.26. The highest BCUT2D eigenvalue weighted by Crippen LogP contribution is 2.19. The first-order valence-corrected chi connectivity index (χ1v) is 5.48. The van der Waals surface area contributed by atoms with Gasteiger partial charge in [-0.15, -0.1) is 0 Å². The van der Waals surface area contributed by atoms with Gasteiger partial charge in [0.1, 0.15) is 0 Å². The number of aryl methyl sites for hydroxylation is 1. The Balaban J connectivity index is 2.95. The highest BCUT2D eigenvalue weighted by Gasteiger charge is 2.14. The molecule has 82 valence electrons. The van der Waals surface area contributed by atoms with Gasteiger partial charge in [-0.25, -0.2) is 0 Å². The van der Waals surface area contributed by atoms with Gasteiger partial charge in [0.25, 0.3) is 5.91 Å². The number of rotatable bonds is 3. The largest absolute Gasteiger partial charge is 0.395 e. The smallest absolute Gasteiger partial charge is 0.254 e. The molecule has 0 saturated heterocycles. The summed E-state index contributed by atoms with van der Waals surface area (Å²) in [4.78, 5) is 13.4. The van der Waals surface area contributed by atoms with Crippen LogP contribution in [0.3, 0.4) is 0 Å². The van der Waals surface area contributed by atoms with Gasteiger partial charge in [0, 0.05) is 18.1 Å². The van der Waals surface area contributed by atoms with E-state index in [4.69, 9.17) is 5.11 Å². The molecule has 3 nitrogen and oxygen atoms in total. The predicted octanol–water partition coefficient (Wildman–Crippen LogP) is 1.82. The summed E-state index contributed by atoms with van der Waals surface area (Å²) in [5.74, 6) is -0.0837.